The van der Waals surface area contributed by atoms with Crippen LogP contribution in [-0.4, -0.2) is 36.1 Å². The number of piperidine rings is 1. The van der Waals surface area contributed by atoms with Crippen LogP contribution in [-0.2, 0) is 6.54 Å². The molecule has 2 heterocycles. The molecule has 1 aliphatic heterocycles. The molecule has 1 aliphatic rings. The summed E-state index contributed by atoms with van der Waals surface area (Å²) in [4.78, 5) is 6.93. The largest absolute Gasteiger partial charge is 0.311 e. The van der Waals surface area contributed by atoms with E-state index in [4.69, 9.17) is 0 Å². The van der Waals surface area contributed by atoms with Gasteiger partial charge in [0.2, 0.25) is 0 Å². The summed E-state index contributed by atoms with van der Waals surface area (Å²) in [6.45, 7) is 5.78. The zero-order valence-corrected chi connectivity index (χ0v) is 12.5. The van der Waals surface area contributed by atoms with Gasteiger partial charge in [-0.1, -0.05) is 6.42 Å². The van der Waals surface area contributed by atoms with E-state index in [9.17, 15) is 0 Å². The van der Waals surface area contributed by atoms with E-state index < -0.39 is 0 Å². The van der Waals surface area contributed by atoms with E-state index in [1.54, 1.807) is 0 Å². The molecule has 18 heavy (non-hydrogen) atoms. The second-order valence-electron chi connectivity index (χ2n) is 4.90. The molecule has 1 saturated heterocycles. The number of hydrogen-bond acceptors (Lipinski definition) is 3. The zero-order chi connectivity index (χ0) is 12.6. The first-order chi connectivity index (χ1) is 8.84. The van der Waals surface area contributed by atoms with Crippen LogP contribution in [0.5, 0.6) is 0 Å². The molecule has 1 fully saturated rings. The lowest BCUT2D eigenvalue weighted by atomic mass is 10.1. The molecule has 0 atom stereocenters. The Morgan fingerprint density at radius 3 is 2.78 bits per heavy atom. The number of nitrogens with one attached hydrogen (secondary N) is 1. The van der Waals surface area contributed by atoms with Crippen LogP contribution in [0.3, 0.4) is 0 Å². The van der Waals surface area contributed by atoms with Crippen molar-refractivity contribution in [1.82, 2.24) is 15.2 Å². The van der Waals surface area contributed by atoms with Crippen LogP contribution < -0.4 is 5.32 Å². The van der Waals surface area contributed by atoms with Gasteiger partial charge >= 0.3 is 0 Å². The van der Waals surface area contributed by atoms with Crippen molar-refractivity contribution in [1.29, 1.82) is 0 Å². The summed E-state index contributed by atoms with van der Waals surface area (Å²) < 4.78 is 1.04. The molecule has 0 radical (unpaired) electrons. The summed E-state index contributed by atoms with van der Waals surface area (Å²) in [5, 5.41) is 3.46. The predicted molar refractivity (Wildman–Crippen MR) is 78.6 cm³/mol. The average Bonchev–Trinajstić information content (AvgIpc) is 2.42. The molecule has 0 spiro atoms. The fourth-order valence-corrected chi connectivity index (χ4v) is 2.57. The molecule has 3 nitrogen and oxygen atoms in total. The Hall–Kier alpha value is -0.450. The number of rotatable bonds is 6. The average molecular weight is 312 g/mol. The van der Waals surface area contributed by atoms with Crippen molar-refractivity contribution in [2.75, 3.05) is 26.2 Å². The van der Waals surface area contributed by atoms with E-state index in [0.29, 0.717) is 0 Å². The number of nitrogens with zero attached hydrogens (tertiary/aromatic N) is 2. The maximum atomic E-state index is 4.35. The number of likely N-dealkylation sites (tertiary alicyclic amines) is 1. The van der Waals surface area contributed by atoms with E-state index in [2.05, 4.69) is 37.2 Å². The summed E-state index contributed by atoms with van der Waals surface area (Å²) in [5.41, 5.74) is 1.11. The Morgan fingerprint density at radius 2 is 2.06 bits per heavy atom. The van der Waals surface area contributed by atoms with Gasteiger partial charge in [0, 0.05) is 17.2 Å². The molecule has 0 saturated carbocycles. The van der Waals surface area contributed by atoms with Gasteiger partial charge in [0.15, 0.2) is 0 Å². The molecule has 2 rings (SSSR count). The minimum Gasteiger partial charge on any atom is -0.311 e. The minimum absolute atomic E-state index is 0.868. The van der Waals surface area contributed by atoms with E-state index >= 15 is 0 Å². The van der Waals surface area contributed by atoms with Gasteiger partial charge in [-0.05, 0) is 73.5 Å². The quantitative estimate of drug-likeness (QED) is 0.819. The second kappa shape index (κ2) is 7.87. The first-order valence-electron chi connectivity index (χ1n) is 6.88. The topological polar surface area (TPSA) is 28.2 Å². The Bertz CT molecular complexity index is 333. The van der Waals surface area contributed by atoms with Crippen molar-refractivity contribution < 1.29 is 0 Å². The van der Waals surface area contributed by atoms with E-state index in [0.717, 1.165) is 23.3 Å². The van der Waals surface area contributed by atoms with Crippen LogP contribution in [0.25, 0.3) is 0 Å². The second-order valence-corrected chi connectivity index (χ2v) is 5.82. The summed E-state index contributed by atoms with van der Waals surface area (Å²) in [6, 6.07) is 4.10. The van der Waals surface area contributed by atoms with Crippen LogP contribution in [0, 0.1) is 0 Å². The molecule has 1 N–H and O–H groups in total. The van der Waals surface area contributed by atoms with Crippen molar-refractivity contribution in [3.63, 3.8) is 0 Å². The van der Waals surface area contributed by atoms with Gasteiger partial charge < -0.3 is 10.2 Å². The minimum atomic E-state index is 0.868. The highest BCUT2D eigenvalue weighted by molar-refractivity contribution is 9.10. The normalized spacial score (nSPS) is 16.9. The highest BCUT2D eigenvalue weighted by Crippen LogP contribution is 2.09. The molecule has 100 valence electrons. The molecule has 0 aliphatic carbocycles. The monoisotopic (exact) mass is 311 g/mol. The van der Waals surface area contributed by atoms with Crippen molar-refractivity contribution in [2.24, 2.45) is 0 Å². The summed E-state index contributed by atoms with van der Waals surface area (Å²) in [5.74, 6) is 0. The van der Waals surface area contributed by atoms with Gasteiger partial charge in [0.1, 0.15) is 0 Å². The lowest BCUT2D eigenvalue weighted by Gasteiger charge is -2.26. The highest BCUT2D eigenvalue weighted by Gasteiger charge is 2.08. The van der Waals surface area contributed by atoms with Gasteiger partial charge in [-0.3, -0.25) is 4.98 Å². The molecule has 1 aromatic rings. The zero-order valence-electron chi connectivity index (χ0n) is 10.9. The first-order valence-corrected chi connectivity index (χ1v) is 7.67. The molecule has 0 unspecified atom stereocenters. The van der Waals surface area contributed by atoms with Crippen LogP contribution in [0.4, 0.5) is 0 Å². The van der Waals surface area contributed by atoms with Crippen molar-refractivity contribution in [3.8, 4) is 0 Å². The predicted octanol–water partition coefficient (Wildman–Crippen LogP) is 2.81. The number of halogens is 1. The Labute approximate surface area is 118 Å². The third-order valence-electron chi connectivity index (χ3n) is 3.37. The Morgan fingerprint density at radius 1 is 1.22 bits per heavy atom. The number of hydrogen-bond donors (Lipinski definition) is 1. The summed E-state index contributed by atoms with van der Waals surface area (Å²) in [7, 11) is 0. The van der Waals surface area contributed by atoms with Crippen LogP contribution in [0.15, 0.2) is 22.8 Å². The van der Waals surface area contributed by atoms with E-state index in [-0.39, 0.29) is 0 Å². The maximum Gasteiger partial charge on any atom is 0.0542 e. The van der Waals surface area contributed by atoms with Crippen molar-refractivity contribution in [3.05, 3.63) is 28.5 Å². The number of pyridine rings is 1. The molecule has 4 heteroatoms. The van der Waals surface area contributed by atoms with Crippen LogP contribution in [0.1, 0.15) is 31.4 Å². The lowest BCUT2D eigenvalue weighted by molar-refractivity contribution is 0.225. The SMILES string of the molecule is Brc1ccc(CNCCCN2CCCCC2)nc1. The fourth-order valence-electron chi connectivity index (χ4n) is 2.34. The van der Waals surface area contributed by atoms with Gasteiger partial charge in [-0.2, -0.15) is 0 Å². The molecule has 0 aromatic carbocycles. The molecule has 0 amide bonds. The highest BCUT2D eigenvalue weighted by atomic mass is 79.9. The van der Waals surface area contributed by atoms with Crippen LogP contribution in [0.2, 0.25) is 0 Å². The van der Waals surface area contributed by atoms with E-state index in [1.807, 2.05) is 12.3 Å². The number of aromatic nitrogens is 1. The van der Waals surface area contributed by atoms with Gasteiger partial charge in [0.05, 0.1) is 5.69 Å². The van der Waals surface area contributed by atoms with Crippen LogP contribution >= 0.6 is 15.9 Å². The molecular weight excluding hydrogens is 290 g/mol. The van der Waals surface area contributed by atoms with Crippen molar-refractivity contribution in [2.45, 2.75) is 32.2 Å². The fraction of sp³-hybridized carbons (Fsp3) is 0.643. The van der Waals surface area contributed by atoms with Crippen molar-refractivity contribution >= 4 is 15.9 Å². The van der Waals surface area contributed by atoms with Gasteiger partial charge in [0.25, 0.3) is 0 Å². The third-order valence-corrected chi connectivity index (χ3v) is 3.84. The Balaban J connectivity index is 1.54. The van der Waals surface area contributed by atoms with E-state index in [1.165, 1.54) is 45.3 Å². The molecule has 1 aromatic heterocycles. The van der Waals surface area contributed by atoms with Gasteiger partial charge in [-0.25, -0.2) is 0 Å². The standard InChI is InChI=1S/C14H22BrN3/c15-13-5-6-14(17-11-13)12-16-7-4-10-18-8-2-1-3-9-18/h5-6,11,16H,1-4,7-10,12H2. The summed E-state index contributed by atoms with van der Waals surface area (Å²) >= 11 is 3.39. The molecule has 0 bridgehead atoms. The molecular formula is C14H22BrN3. The first kappa shape index (κ1) is 14.0. The maximum absolute atomic E-state index is 4.35. The smallest absolute Gasteiger partial charge is 0.0542 e. The third kappa shape index (κ3) is 5.04. The lowest BCUT2D eigenvalue weighted by Crippen LogP contribution is -2.32. The van der Waals surface area contributed by atoms with Gasteiger partial charge in [-0.15, -0.1) is 0 Å². The Kier molecular flexibility index (Phi) is 6.11. The summed E-state index contributed by atoms with van der Waals surface area (Å²) in [6.07, 6.45) is 7.28.